The van der Waals surface area contributed by atoms with E-state index in [-0.39, 0.29) is 0 Å². The molecule has 0 amide bonds. The summed E-state index contributed by atoms with van der Waals surface area (Å²) in [6, 6.07) is 8.45. The maximum Gasteiger partial charge on any atom is 0.228 e. The van der Waals surface area contributed by atoms with Gasteiger partial charge in [0.15, 0.2) is 0 Å². The lowest BCUT2D eigenvalue weighted by Gasteiger charge is -2.31. The monoisotopic (exact) mass is 403 g/mol. The maximum atomic E-state index is 5.66. The van der Waals surface area contributed by atoms with E-state index in [1.165, 1.54) is 0 Å². The molecule has 8 heteroatoms. The van der Waals surface area contributed by atoms with Gasteiger partial charge in [0.1, 0.15) is 5.65 Å². The zero-order valence-electron chi connectivity index (χ0n) is 17.2. The quantitative estimate of drug-likeness (QED) is 0.527. The summed E-state index contributed by atoms with van der Waals surface area (Å²) in [4.78, 5) is 15.2. The minimum absolute atomic E-state index is 0.381. The lowest BCUT2D eigenvalue weighted by atomic mass is 10.0. The number of piperidine rings is 1. The average molecular weight is 403 g/mol. The van der Waals surface area contributed by atoms with Crippen LogP contribution in [0.5, 0.6) is 5.88 Å². The van der Waals surface area contributed by atoms with Gasteiger partial charge in [-0.05, 0) is 43.1 Å². The molecule has 1 aromatic carbocycles. The highest BCUT2D eigenvalue weighted by Crippen LogP contribution is 2.35. The van der Waals surface area contributed by atoms with Crippen LogP contribution in [0.1, 0.15) is 19.8 Å². The standard InChI is InChI=1S/C22H25N7O/c1-3-29-10-7-16(8-11-29)25-22-26-20-19(21(27-22)30-2)17(13-23-20)14-4-5-18-15(12-14)6-9-24-28-18/h4-6,9,12-13,16H,3,7-8,10-11H2,1-2H3,(H2,23,25,26,27). The predicted molar refractivity (Wildman–Crippen MR) is 118 cm³/mol. The van der Waals surface area contributed by atoms with Crippen molar-refractivity contribution in [3.05, 3.63) is 36.7 Å². The van der Waals surface area contributed by atoms with Crippen molar-refractivity contribution in [1.29, 1.82) is 0 Å². The second-order valence-electron chi connectivity index (χ2n) is 7.64. The van der Waals surface area contributed by atoms with Gasteiger partial charge in [-0.15, -0.1) is 0 Å². The summed E-state index contributed by atoms with van der Waals surface area (Å²) in [7, 11) is 1.65. The van der Waals surface area contributed by atoms with E-state index in [0.29, 0.717) is 17.9 Å². The van der Waals surface area contributed by atoms with E-state index >= 15 is 0 Å². The number of rotatable bonds is 5. The molecule has 1 aliphatic heterocycles. The number of benzene rings is 1. The Balaban J connectivity index is 1.48. The van der Waals surface area contributed by atoms with E-state index in [1.54, 1.807) is 13.3 Å². The third-order valence-corrected chi connectivity index (χ3v) is 5.88. The van der Waals surface area contributed by atoms with Crippen LogP contribution in [-0.2, 0) is 0 Å². The number of anilines is 1. The van der Waals surface area contributed by atoms with Crippen molar-refractivity contribution in [3.63, 3.8) is 0 Å². The summed E-state index contributed by atoms with van der Waals surface area (Å²) >= 11 is 0. The van der Waals surface area contributed by atoms with Crippen molar-refractivity contribution in [1.82, 2.24) is 30.0 Å². The Kier molecular flexibility index (Phi) is 4.92. The Bertz CT molecular complexity index is 1180. The number of nitrogens with one attached hydrogen (secondary N) is 2. The van der Waals surface area contributed by atoms with Crippen LogP contribution >= 0.6 is 0 Å². The third-order valence-electron chi connectivity index (χ3n) is 5.88. The number of hydrogen-bond acceptors (Lipinski definition) is 7. The number of hydrogen-bond donors (Lipinski definition) is 2. The number of aromatic amines is 1. The Morgan fingerprint density at radius 1 is 1.20 bits per heavy atom. The fraction of sp³-hybridized carbons (Fsp3) is 0.364. The molecule has 0 aliphatic carbocycles. The van der Waals surface area contributed by atoms with Crippen molar-refractivity contribution < 1.29 is 4.74 Å². The molecule has 4 heterocycles. The van der Waals surface area contributed by atoms with Crippen LogP contribution in [0.15, 0.2) is 36.7 Å². The number of likely N-dealkylation sites (tertiary alicyclic amines) is 1. The van der Waals surface area contributed by atoms with Gasteiger partial charge in [-0.25, -0.2) is 0 Å². The van der Waals surface area contributed by atoms with Gasteiger partial charge in [0.05, 0.1) is 24.2 Å². The Labute approximate surface area is 174 Å². The SMILES string of the molecule is CCN1CCC(Nc2nc(OC)c3c(-c4ccc5nnccc5c4)c[nH]c3n2)CC1. The zero-order chi connectivity index (χ0) is 20.5. The van der Waals surface area contributed by atoms with Crippen LogP contribution in [0.25, 0.3) is 33.1 Å². The second kappa shape index (κ2) is 7.87. The first-order chi connectivity index (χ1) is 14.7. The van der Waals surface area contributed by atoms with Gasteiger partial charge in [-0.2, -0.15) is 20.2 Å². The van der Waals surface area contributed by atoms with Gasteiger partial charge in [0.25, 0.3) is 0 Å². The molecule has 4 aromatic rings. The molecule has 2 N–H and O–H groups in total. The van der Waals surface area contributed by atoms with Crippen LogP contribution < -0.4 is 10.1 Å². The first-order valence-corrected chi connectivity index (χ1v) is 10.4. The summed E-state index contributed by atoms with van der Waals surface area (Å²) in [5.41, 5.74) is 3.68. The molecule has 8 nitrogen and oxygen atoms in total. The van der Waals surface area contributed by atoms with E-state index in [1.807, 2.05) is 24.4 Å². The Morgan fingerprint density at radius 3 is 2.87 bits per heavy atom. The lowest BCUT2D eigenvalue weighted by Crippen LogP contribution is -2.39. The van der Waals surface area contributed by atoms with Crippen molar-refractivity contribution in [2.24, 2.45) is 0 Å². The molecule has 3 aromatic heterocycles. The molecule has 5 rings (SSSR count). The van der Waals surface area contributed by atoms with Crippen LogP contribution in [-0.4, -0.2) is 62.8 Å². The zero-order valence-corrected chi connectivity index (χ0v) is 17.2. The molecule has 1 saturated heterocycles. The third kappa shape index (κ3) is 3.43. The van der Waals surface area contributed by atoms with Crippen LogP contribution in [0.3, 0.4) is 0 Å². The number of fused-ring (bicyclic) bond motifs is 2. The summed E-state index contributed by atoms with van der Waals surface area (Å²) < 4.78 is 5.66. The van der Waals surface area contributed by atoms with E-state index in [0.717, 1.165) is 65.5 Å². The summed E-state index contributed by atoms with van der Waals surface area (Å²) in [6.07, 6.45) is 5.84. The predicted octanol–water partition coefficient (Wildman–Crippen LogP) is 3.47. The van der Waals surface area contributed by atoms with E-state index in [2.05, 4.69) is 43.4 Å². The van der Waals surface area contributed by atoms with Gasteiger partial charge in [0, 0.05) is 36.3 Å². The van der Waals surface area contributed by atoms with Crippen LogP contribution in [0.4, 0.5) is 5.95 Å². The van der Waals surface area contributed by atoms with E-state index < -0.39 is 0 Å². The molecule has 0 spiro atoms. The van der Waals surface area contributed by atoms with E-state index in [9.17, 15) is 0 Å². The van der Waals surface area contributed by atoms with Gasteiger partial charge in [-0.3, -0.25) is 0 Å². The molecule has 30 heavy (non-hydrogen) atoms. The van der Waals surface area contributed by atoms with E-state index in [4.69, 9.17) is 9.72 Å². The Hall–Kier alpha value is -3.26. The normalized spacial score (nSPS) is 15.7. The van der Waals surface area contributed by atoms with Crippen molar-refractivity contribution in [2.45, 2.75) is 25.8 Å². The molecule has 0 bridgehead atoms. The minimum Gasteiger partial charge on any atom is -0.480 e. The number of methoxy groups -OCH3 is 1. The highest BCUT2D eigenvalue weighted by molar-refractivity contribution is 5.99. The largest absolute Gasteiger partial charge is 0.480 e. The van der Waals surface area contributed by atoms with Crippen LogP contribution in [0.2, 0.25) is 0 Å². The fourth-order valence-electron chi connectivity index (χ4n) is 4.17. The topological polar surface area (TPSA) is 91.9 Å². The van der Waals surface area contributed by atoms with Gasteiger partial charge < -0.3 is 19.9 Å². The van der Waals surface area contributed by atoms with Gasteiger partial charge in [0.2, 0.25) is 11.8 Å². The summed E-state index contributed by atoms with van der Waals surface area (Å²) in [5, 5.41) is 13.5. The molecule has 0 atom stereocenters. The summed E-state index contributed by atoms with van der Waals surface area (Å²) in [5.74, 6) is 1.18. The fourth-order valence-corrected chi connectivity index (χ4v) is 4.17. The number of H-pyrrole nitrogens is 1. The number of nitrogens with zero attached hydrogens (tertiary/aromatic N) is 5. The van der Waals surface area contributed by atoms with Crippen molar-refractivity contribution >= 4 is 27.9 Å². The average Bonchev–Trinajstić information content (AvgIpc) is 3.23. The van der Waals surface area contributed by atoms with Crippen LogP contribution in [0, 0.1) is 0 Å². The lowest BCUT2D eigenvalue weighted by molar-refractivity contribution is 0.229. The highest BCUT2D eigenvalue weighted by Gasteiger charge is 2.21. The van der Waals surface area contributed by atoms with Gasteiger partial charge in [-0.1, -0.05) is 13.0 Å². The Morgan fingerprint density at radius 2 is 2.07 bits per heavy atom. The minimum atomic E-state index is 0.381. The molecular formula is C22H25N7O. The van der Waals surface area contributed by atoms with Gasteiger partial charge >= 0.3 is 0 Å². The first-order valence-electron chi connectivity index (χ1n) is 10.4. The molecular weight excluding hydrogens is 378 g/mol. The molecule has 1 aliphatic rings. The maximum absolute atomic E-state index is 5.66. The smallest absolute Gasteiger partial charge is 0.228 e. The molecule has 0 saturated carbocycles. The second-order valence-corrected chi connectivity index (χ2v) is 7.64. The van der Waals surface area contributed by atoms with Crippen molar-refractivity contribution in [3.8, 4) is 17.0 Å². The highest BCUT2D eigenvalue weighted by atomic mass is 16.5. The first kappa shape index (κ1) is 18.7. The number of aromatic nitrogens is 5. The molecule has 154 valence electrons. The molecule has 0 radical (unpaired) electrons. The molecule has 1 fully saturated rings. The molecule has 0 unspecified atom stereocenters. The van der Waals surface area contributed by atoms with Crippen molar-refractivity contribution in [2.75, 3.05) is 32.1 Å². The summed E-state index contributed by atoms with van der Waals surface area (Å²) in [6.45, 7) is 5.52. The number of ether oxygens (including phenoxy) is 1.